The van der Waals surface area contributed by atoms with Crippen molar-refractivity contribution in [3.63, 3.8) is 0 Å². The van der Waals surface area contributed by atoms with Gasteiger partial charge in [-0.1, -0.05) is 253 Å². The van der Waals surface area contributed by atoms with Crippen molar-refractivity contribution in [3.05, 3.63) is 85.1 Å². The summed E-state index contributed by atoms with van der Waals surface area (Å²) in [5.74, 6) is -0.843. The van der Waals surface area contributed by atoms with Gasteiger partial charge in [-0.2, -0.15) is 0 Å². The fraction of sp³-hybridized carbons (Fsp3) is 0.758. The molecular weight excluding hydrogens is 966 g/mol. The Kier molecular flexibility index (Phi) is 54.8. The third-order valence-electron chi connectivity index (χ3n) is 13.4. The Morgan fingerprint density at radius 1 is 0.421 bits per heavy atom. The second-order valence-corrected chi connectivity index (χ2v) is 23.4. The lowest BCUT2D eigenvalue weighted by molar-refractivity contribution is -0.870. The molecule has 0 saturated heterocycles. The van der Waals surface area contributed by atoms with Gasteiger partial charge in [0.05, 0.1) is 27.7 Å². The first-order valence-electron chi connectivity index (χ1n) is 31.3. The molecular formula is C66H118NO8P. The van der Waals surface area contributed by atoms with Gasteiger partial charge in [-0.15, -0.1) is 0 Å². The molecule has 0 bridgehead atoms. The molecule has 9 nitrogen and oxygen atoms in total. The SMILES string of the molecule is CC/C=C\C/C=C\C/C=C\C/C=C\C/C=C\CCCCCCCCCCCCCCCCCCCCCCCC(=O)OC(COC(=O)CCCCCCC/C=C\C/C=C\CCCCC)COP(=O)([O-])OCC[N+](C)(C)C. The van der Waals surface area contributed by atoms with Crippen LogP contribution in [0.25, 0.3) is 0 Å². The van der Waals surface area contributed by atoms with E-state index < -0.39 is 32.5 Å². The van der Waals surface area contributed by atoms with Gasteiger partial charge in [0.15, 0.2) is 6.10 Å². The number of phosphoric acid groups is 1. The standard InChI is InChI=1S/C66H118NO8P/c1-6-8-10-12-14-16-18-20-22-23-24-25-26-27-28-29-30-31-32-33-34-35-36-37-38-39-40-41-42-43-45-47-49-51-53-55-57-59-66(69)75-64(63-74-76(70,71)73-61-60-67(3,4)5)62-72-65(68)58-56-54-52-50-48-46-44-21-19-17-15-13-11-9-7-2/h8,10,14-17,20-22,24-25,27-28,44,64H,6-7,9,11-13,18-19,23,26,29-43,45-63H2,1-5H3/b10-8-,16-14-,17-15-,22-20-,25-24-,28-27-,44-21-. The minimum atomic E-state index is -4.64. The Bertz CT molecular complexity index is 1560. The molecule has 0 aliphatic heterocycles. The molecule has 0 rings (SSSR count). The van der Waals surface area contributed by atoms with Crippen molar-refractivity contribution in [2.75, 3.05) is 47.5 Å². The number of ether oxygens (including phenoxy) is 2. The third kappa shape index (κ3) is 60.4. The van der Waals surface area contributed by atoms with Crippen molar-refractivity contribution >= 4 is 19.8 Å². The highest BCUT2D eigenvalue weighted by Crippen LogP contribution is 2.38. The summed E-state index contributed by atoms with van der Waals surface area (Å²) >= 11 is 0. The largest absolute Gasteiger partial charge is 0.756 e. The van der Waals surface area contributed by atoms with E-state index >= 15 is 0 Å². The summed E-state index contributed by atoms with van der Waals surface area (Å²) in [5, 5.41) is 0. The molecule has 76 heavy (non-hydrogen) atoms. The van der Waals surface area contributed by atoms with Crippen molar-refractivity contribution in [1.29, 1.82) is 0 Å². The van der Waals surface area contributed by atoms with Gasteiger partial charge in [0.25, 0.3) is 7.82 Å². The van der Waals surface area contributed by atoms with Crippen molar-refractivity contribution in [3.8, 4) is 0 Å². The Hall–Kier alpha value is -2.81. The number of carbonyl (C=O) groups is 2. The summed E-state index contributed by atoms with van der Waals surface area (Å²) in [6.07, 6.45) is 76.6. The molecule has 0 aromatic heterocycles. The van der Waals surface area contributed by atoms with Crippen LogP contribution in [0.4, 0.5) is 0 Å². The maximum atomic E-state index is 12.8. The van der Waals surface area contributed by atoms with E-state index in [4.69, 9.17) is 18.5 Å². The molecule has 2 atom stereocenters. The summed E-state index contributed by atoms with van der Waals surface area (Å²) in [4.78, 5) is 37.8. The summed E-state index contributed by atoms with van der Waals surface area (Å²) in [6.45, 7) is 4.10. The van der Waals surface area contributed by atoms with E-state index in [1.807, 2.05) is 21.1 Å². The highest BCUT2D eigenvalue weighted by atomic mass is 31.2. The minimum Gasteiger partial charge on any atom is -0.756 e. The lowest BCUT2D eigenvalue weighted by Gasteiger charge is -2.28. The van der Waals surface area contributed by atoms with Crippen LogP contribution in [0.3, 0.4) is 0 Å². The molecule has 0 aromatic carbocycles. The van der Waals surface area contributed by atoms with E-state index in [9.17, 15) is 19.0 Å². The highest BCUT2D eigenvalue weighted by molar-refractivity contribution is 7.45. The quantitative estimate of drug-likeness (QED) is 0.0195. The van der Waals surface area contributed by atoms with Gasteiger partial charge in [-0.05, 0) is 89.9 Å². The molecule has 0 aromatic rings. The fourth-order valence-electron chi connectivity index (χ4n) is 8.60. The average Bonchev–Trinajstić information content (AvgIpc) is 3.38. The lowest BCUT2D eigenvalue weighted by Crippen LogP contribution is -2.37. The number of likely N-dealkylation sites (N-methyl/N-ethyl adjacent to an activating group) is 1. The minimum absolute atomic E-state index is 0.0342. The van der Waals surface area contributed by atoms with Crippen molar-refractivity contribution in [1.82, 2.24) is 0 Å². The van der Waals surface area contributed by atoms with Crippen LogP contribution in [0, 0.1) is 0 Å². The first-order valence-corrected chi connectivity index (χ1v) is 32.8. The van der Waals surface area contributed by atoms with Crippen LogP contribution in [-0.4, -0.2) is 70.0 Å². The van der Waals surface area contributed by atoms with Crippen LogP contribution in [0.1, 0.15) is 271 Å². The number of hydrogen-bond acceptors (Lipinski definition) is 8. The van der Waals surface area contributed by atoms with E-state index in [-0.39, 0.29) is 26.1 Å². The third-order valence-corrected chi connectivity index (χ3v) is 14.4. The predicted octanol–water partition coefficient (Wildman–Crippen LogP) is 19.2. The Balaban J connectivity index is 3.98. The molecule has 0 saturated carbocycles. The van der Waals surface area contributed by atoms with Gasteiger partial charge in [-0.25, -0.2) is 0 Å². The van der Waals surface area contributed by atoms with Crippen molar-refractivity contribution in [2.24, 2.45) is 0 Å². The Morgan fingerprint density at radius 3 is 1.12 bits per heavy atom. The second kappa shape index (κ2) is 56.9. The van der Waals surface area contributed by atoms with Gasteiger partial charge in [0.2, 0.25) is 0 Å². The first kappa shape index (κ1) is 73.2. The summed E-state index contributed by atoms with van der Waals surface area (Å²) in [7, 11) is 1.16. The number of carbonyl (C=O) groups excluding carboxylic acids is 2. The van der Waals surface area contributed by atoms with E-state index in [0.717, 1.165) is 89.9 Å². The van der Waals surface area contributed by atoms with Gasteiger partial charge in [0.1, 0.15) is 19.8 Å². The zero-order chi connectivity index (χ0) is 55.6. The van der Waals surface area contributed by atoms with Crippen molar-refractivity contribution < 1.29 is 42.1 Å². The molecule has 0 fully saturated rings. The second-order valence-electron chi connectivity index (χ2n) is 22.0. The zero-order valence-corrected chi connectivity index (χ0v) is 50.8. The molecule has 0 radical (unpaired) electrons. The molecule has 0 heterocycles. The topological polar surface area (TPSA) is 111 Å². The zero-order valence-electron chi connectivity index (χ0n) is 49.9. The summed E-state index contributed by atoms with van der Waals surface area (Å²) in [6, 6.07) is 0. The smallest absolute Gasteiger partial charge is 0.306 e. The molecule has 2 unspecified atom stereocenters. The van der Waals surface area contributed by atoms with Crippen LogP contribution >= 0.6 is 7.82 Å². The highest BCUT2D eigenvalue weighted by Gasteiger charge is 2.22. The molecule has 0 aliphatic rings. The van der Waals surface area contributed by atoms with Crippen LogP contribution in [0.2, 0.25) is 0 Å². The average molecular weight is 1080 g/mol. The Labute approximate surface area is 469 Å². The number of esters is 2. The van der Waals surface area contributed by atoms with E-state index in [2.05, 4.69) is 98.9 Å². The lowest BCUT2D eigenvalue weighted by atomic mass is 10.0. The number of hydrogen-bond donors (Lipinski definition) is 0. The molecule has 440 valence electrons. The fourth-order valence-corrected chi connectivity index (χ4v) is 9.33. The van der Waals surface area contributed by atoms with Gasteiger partial charge >= 0.3 is 11.9 Å². The molecule has 0 aliphatic carbocycles. The molecule has 0 N–H and O–H groups in total. The van der Waals surface area contributed by atoms with E-state index in [0.29, 0.717) is 23.9 Å². The summed E-state index contributed by atoms with van der Waals surface area (Å²) < 4.78 is 34.1. The van der Waals surface area contributed by atoms with E-state index in [1.54, 1.807) is 0 Å². The van der Waals surface area contributed by atoms with Crippen LogP contribution in [0.15, 0.2) is 85.1 Å². The summed E-state index contributed by atoms with van der Waals surface area (Å²) in [5.41, 5.74) is 0. The number of rotatable bonds is 57. The maximum absolute atomic E-state index is 12.8. The first-order chi connectivity index (χ1) is 37.0. The molecule has 0 amide bonds. The van der Waals surface area contributed by atoms with Gasteiger partial charge < -0.3 is 27.9 Å². The van der Waals surface area contributed by atoms with Crippen molar-refractivity contribution in [2.45, 2.75) is 277 Å². The number of quaternary nitrogens is 1. The maximum Gasteiger partial charge on any atom is 0.306 e. The number of unbranched alkanes of at least 4 members (excludes halogenated alkanes) is 29. The van der Waals surface area contributed by atoms with E-state index in [1.165, 1.54) is 141 Å². The van der Waals surface area contributed by atoms with Gasteiger partial charge in [0, 0.05) is 12.8 Å². The predicted molar refractivity (Wildman–Crippen MR) is 323 cm³/mol. The van der Waals surface area contributed by atoms with Crippen LogP contribution in [-0.2, 0) is 32.7 Å². The van der Waals surface area contributed by atoms with Crippen LogP contribution in [0.5, 0.6) is 0 Å². The normalized spacial score (nSPS) is 13.8. The molecule has 0 spiro atoms. The number of phosphoric ester groups is 1. The van der Waals surface area contributed by atoms with Gasteiger partial charge in [-0.3, -0.25) is 14.2 Å². The monoisotopic (exact) mass is 1080 g/mol. The number of nitrogens with zero attached hydrogens (tertiary/aromatic N) is 1. The van der Waals surface area contributed by atoms with Crippen LogP contribution < -0.4 is 4.89 Å². The number of allylic oxidation sites excluding steroid dienone is 14. The molecule has 10 heteroatoms. The Morgan fingerprint density at radius 2 is 0.750 bits per heavy atom.